The molecule has 4 nitrogen and oxygen atoms in total. The summed E-state index contributed by atoms with van der Waals surface area (Å²) < 4.78 is 81.6. The highest BCUT2D eigenvalue weighted by atomic mass is 35.5. The van der Waals surface area contributed by atoms with Crippen LogP contribution in [0.25, 0.3) is 10.9 Å². The zero-order chi connectivity index (χ0) is 22.1. The molecule has 2 unspecified atom stereocenters. The van der Waals surface area contributed by atoms with Gasteiger partial charge in [0.1, 0.15) is 0 Å². The Morgan fingerprint density at radius 3 is 2.33 bits per heavy atom. The van der Waals surface area contributed by atoms with Crippen molar-refractivity contribution in [2.24, 2.45) is 5.92 Å². The molecule has 10 heteroatoms. The van der Waals surface area contributed by atoms with Crippen molar-refractivity contribution in [1.82, 2.24) is 9.19 Å². The number of alkyl halides is 4. The Hall–Kier alpha value is -2.13. The number of benzene rings is 2. The summed E-state index contributed by atoms with van der Waals surface area (Å²) in [6, 6.07) is 8.74. The minimum Gasteiger partial charge on any atom is -0.207 e. The van der Waals surface area contributed by atoms with E-state index in [2.05, 4.69) is 5.10 Å². The highest BCUT2D eigenvalue weighted by molar-refractivity contribution is 7.90. The summed E-state index contributed by atoms with van der Waals surface area (Å²) in [4.78, 5) is -0.251. The number of fused-ring (bicyclic) bond motifs is 1. The molecule has 0 bridgehead atoms. The van der Waals surface area contributed by atoms with Crippen LogP contribution in [0.4, 0.5) is 17.6 Å². The molecule has 0 aliphatic heterocycles. The van der Waals surface area contributed by atoms with Crippen molar-refractivity contribution < 1.29 is 26.0 Å². The van der Waals surface area contributed by atoms with Crippen LogP contribution in [-0.4, -0.2) is 23.5 Å². The Morgan fingerprint density at radius 2 is 1.80 bits per heavy atom. The van der Waals surface area contributed by atoms with Crippen LogP contribution in [0.3, 0.4) is 0 Å². The van der Waals surface area contributed by atoms with E-state index in [1.807, 2.05) is 0 Å². The summed E-state index contributed by atoms with van der Waals surface area (Å²) in [5, 5.41) is 4.67. The molecule has 3 aromatic rings. The first-order valence-electron chi connectivity index (χ1n) is 9.13. The van der Waals surface area contributed by atoms with Gasteiger partial charge in [0, 0.05) is 36.1 Å². The van der Waals surface area contributed by atoms with Gasteiger partial charge in [0.05, 0.1) is 21.1 Å². The van der Waals surface area contributed by atoms with Gasteiger partial charge in [0.15, 0.2) is 0 Å². The third-order valence-corrected chi connectivity index (χ3v) is 7.57. The normalized spacial score (nSPS) is 21.6. The third kappa shape index (κ3) is 3.19. The summed E-state index contributed by atoms with van der Waals surface area (Å²) in [6.45, 7) is 2.09. The predicted octanol–water partition coefficient (Wildman–Crippen LogP) is 5.80. The predicted molar refractivity (Wildman–Crippen MR) is 105 cm³/mol. The van der Waals surface area contributed by atoms with Gasteiger partial charge < -0.3 is 0 Å². The molecule has 1 aliphatic carbocycles. The van der Waals surface area contributed by atoms with E-state index in [9.17, 15) is 26.0 Å². The van der Waals surface area contributed by atoms with E-state index in [-0.39, 0.29) is 26.7 Å². The van der Waals surface area contributed by atoms with Crippen LogP contribution in [0.2, 0.25) is 5.02 Å². The maximum atomic E-state index is 13.8. The average molecular weight is 461 g/mol. The lowest BCUT2D eigenvalue weighted by Crippen LogP contribution is -2.44. The van der Waals surface area contributed by atoms with Gasteiger partial charge in [0.25, 0.3) is 21.9 Å². The fraction of sp³-hybridized carbons (Fsp3) is 0.350. The summed E-state index contributed by atoms with van der Waals surface area (Å²) in [7, 11) is -4.27. The molecule has 0 amide bonds. The molecule has 1 saturated carbocycles. The summed E-state index contributed by atoms with van der Waals surface area (Å²) >= 11 is 6.27. The third-order valence-electron chi connectivity index (χ3n) is 5.65. The highest BCUT2D eigenvalue weighted by Gasteiger charge is 2.55. The van der Waals surface area contributed by atoms with Crippen LogP contribution in [0, 0.1) is 5.92 Å². The minimum atomic E-state index is -4.27. The molecule has 4 rings (SSSR count). The van der Waals surface area contributed by atoms with E-state index >= 15 is 0 Å². The van der Waals surface area contributed by atoms with Gasteiger partial charge in [-0.25, -0.2) is 17.6 Å². The number of hydrogen-bond acceptors (Lipinski definition) is 3. The molecule has 30 heavy (non-hydrogen) atoms. The van der Waals surface area contributed by atoms with Crippen molar-refractivity contribution in [3.8, 4) is 0 Å². The monoisotopic (exact) mass is 460 g/mol. The zero-order valence-electron chi connectivity index (χ0n) is 15.9. The lowest BCUT2D eigenvalue weighted by Gasteiger charge is -2.41. The van der Waals surface area contributed by atoms with Gasteiger partial charge in [-0.2, -0.15) is 17.6 Å². The fourth-order valence-corrected chi connectivity index (χ4v) is 5.27. The molecular weight excluding hydrogens is 444 g/mol. The molecule has 0 N–H and O–H groups in total. The van der Waals surface area contributed by atoms with E-state index in [1.54, 1.807) is 0 Å². The van der Waals surface area contributed by atoms with E-state index in [0.717, 1.165) is 28.4 Å². The smallest absolute Gasteiger partial charge is 0.207 e. The molecule has 0 saturated heterocycles. The number of nitrogens with zero attached hydrogens (tertiary/aromatic N) is 2. The average Bonchev–Trinajstić information content (AvgIpc) is 3.07. The van der Waals surface area contributed by atoms with Crippen molar-refractivity contribution in [3.05, 3.63) is 58.7 Å². The van der Waals surface area contributed by atoms with Gasteiger partial charge in [-0.3, -0.25) is 0 Å². The van der Waals surface area contributed by atoms with Gasteiger partial charge in [-0.05, 0) is 24.3 Å². The maximum absolute atomic E-state index is 13.8. The molecule has 2 atom stereocenters. The summed E-state index contributed by atoms with van der Waals surface area (Å²) in [5.41, 5.74) is 0.000145. The van der Waals surface area contributed by atoms with Gasteiger partial charge in [0.2, 0.25) is 0 Å². The van der Waals surface area contributed by atoms with Crippen molar-refractivity contribution in [2.45, 2.75) is 42.9 Å². The van der Waals surface area contributed by atoms with Crippen LogP contribution < -0.4 is 0 Å². The van der Waals surface area contributed by atoms with Crippen LogP contribution in [0.15, 0.2) is 47.4 Å². The number of rotatable bonds is 4. The first-order chi connectivity index (χ1) is 13.8. The minimum absolute atomic E-state index is 0.143. The molecule has 2 aromatic carbocycles. The molecule has 1 fully saturated rings. The van der Waals surface area contributed by atoms with Crippen molar-refractivity contribution in [2.75, 3.05) is 0 Å². The molecule has 1 heterocycles. The Morgan fingerprint density at radius 1 is 1.17 bits per heavy atom. The van der Waals surface area contributed by atoms with Gasteiger partial charge in [-0.15, -0.1) is 0 Å². The second kappa shape index (κ2) is 6.68. The lowest BCUT2D eigenvalue weighted by molar-refractivity contribution is -0.141. The van der Waals surface area contributed by atoms with Crippen LogP contribution in [0.1, 0.15) is 37.4 Å². The Balaban J connectivity index is 1.86. The molecule has 160 valence electrons. The number of halogens is 5. The van der Waals surface area contributed by atoms with Crippen molar-refractivity contribution in [3.63, 3.8) is 0 Å². The van der Waals surface area contributed by atoms with Crippen LogP contribution in [-0.2, 0) is 15.9 Å². The topological polar surface area (TPSA) is 52.0 Å². The molecule has 0 radical (unpaired) electrons. The zero-order valence-corrected chi connectivity index (χ0v) is 17.5. The lowest BCUT2D eigenvalue weighted by atomic mass is 9.69. The van der Waals surface area contributed by atoms with Gasteiger partial charge in [-0.1, -0.05) is 36.7 Å². The number of hydrogen-bond donors (Lipinski definition) is 0. The summed E-state index contributed by atoms with van der Waals surface area (Å²) in [5.74, 6) is -7.65. The molecular formula is C20H17ClF4N2O2S. The van der Waals surface area contributed by atoms with Crippen molar-refractivity contribution >= 4 is 32.5 Å². The van der Waals surface area contributed by atoms with E-state index in [4.69, 9.17) is 11.6 Å². The van der Waals surface area contributed by atoms with Gasteiger partial charge >= 0.3 is 0 Å². The highest BCUT2D eigenvalue weighted by Crippen LogP contribution is 2.54. The number of aromatic nitrogens is 2. The molecule has 1 aliphatic rings. The SMILES string of the molecule is CC1C(c2nn(S(=O)(=O)c3ccc(C(C)(F)F)cc3)c3cccc(Cl)c23)CC1(F)F. The van der Waals surface area contributed by atoms with Crippen LogP contribution in [0.5, 0.6) is 0 Å². The fourth-order valence-electron chi connectivity index (χ4n) is 3.71. The van der Waals surface area contributed by atoms with Crippen LogP contribution >= 0.6 is 11.6 Å². The molecule has 0 spiro atoms. The maximum Gasteiger partial charge on any atom is 0.283 e. The van der Waals surface area contributed by atoms with E-state index in [1.165, 1.54) is 25.1 Å². The second-order valence-corrected chi connectivity index (χ2v) is 9.81. The summed E-state index contributed by atoms with van der Waals surface area (Å²) in [6.07, 6.45) is -0.453. The molecule has 1 aromatic heterocycles. The van der Waals surface area contributed by atoms with Crippen molar-refractivity contribution in [1.29, 1.82) is 0 Å². The quantitative estimate of drug-likeness (QED) is 0.462. The Labute approximate surface area is 175 Å². The Bertz CT molecular complexity index is 1230. The first kappa shape index (κ1) is 21.1. The van der Waals surface area contributed by atoms with E-state index in [0.29, 0.717) is 12.3 Å². The van der Waals surface area contributed by atoms with E-state index < -0.39 is 40.1 Å². The first-order valence-corrected chi connectivity index (χ1v) is 10.9. The standard InChI is InChI=1S/C20H17ClF4N2O2S/c1-11-14(10-20(11,24)25)18-17-15(21)4-3-5-16(17)27(26-18)30(28,29)13-8-6-12(7-9-13)19(2,22)23/h3-9,11,14H,10H2,1-2H3. The largest absolute Gasteiger partial charge is 0.283 e. The Kier molecular flexibility index (Phi) is 4.70. The second-order valence-electron chi connectivity index (χ2n) is 7.64.